The van der Waals surface area contributed by atoms with Gasteiger partial charge in [-0.3, -0.25) is 9.59 Å². The molecule has 0 fully saturated rings. The van der Waals surface area contributed by atoms with Gasteiger partial charge in [-0.2, -0.15) is 0 Å². The Morgan fingerprint density at radius 1 is 1.30 bits per heavy atom. The van der Waals surface area contributed by atoms with E-state index in [0.717, 1.165) is 0 Å². The second kappa shape index (κ2) is 8.14. The first-order valence-corrected chi connectivity index (χ1v) is 6.71. The van der Waals surface area contributed by atoms with Crippen LogP contribution in [-0.2, 0) is 4.79 Å². The first-order chi connectivity index (χ1) is 9.52. The zero-order valence-corrected chi connectivity index (χ0v) is 12.2. The van der Waals surface area contributed by atoms with E-state index in [-0.39, 0.29) is 18.2 Å². The highest BCUT2D eigenvalue weighted by molar-refractivity contribution is 5.95. The van der Waals surface area contributed by atoms with Crippen molar-refractivity contribution in [3.8, 4) is 0 Å². The van der Waals surface area contributed by atoms with Gasteiger partial charge in [-0.05, 0) is 18.1 Å². The van der Waals surface area contributed by atoms with Crippen LogP contribution in [0.3, 0.4) is 0 Å². The predicted molar refractivity (Wildman–Crippen MR) is 78.6 cm³/mol. The normalized spacial score (nSPS) is 10.2. The molecule has 1 heterocycles. The van der Waals surface area contributed by atoms with E-state index >= 15 is 0 Å². The lowest BCUT2D eigenvalue weighted by atomic mass is 10.2. The second-order valence-corrected chi connectivity index (χ2v) is 4.88. The number of carbonyl (C=O) groups excluding carboxylic acids is 2. The minimum absolute atomic E-state index is 0.0513. The molecule has 0 aliphatic heterocycles. The molecule has 1 aromatic heterocycles. The number of pyridine rings is 1. The van der Waals surface area contributed by atoms with Crippen molar-refractivity contribution in [3.63, 3.8) is 0 Å². The Morgan fingerprint density at radius 2 is 2.05 bits per heavy atom. The van der Waals surface area contributed by atoms with Crippen molar-refractivity contribution in [3.05, 3.63) is 23.9 Å². The number of rotatable bonds is 7. The molecule has 3 N–H and O–H groups in total. The maximum atomic E-state index is 11.9. The van der Waals surface area contributed by atoms with Gasteiger partial charge in [-0.15, -0.1) is 0 Å². The van der Waals surface area contributed by atoms with Crippen LogP contribution in [0, 0.1) is 5.92 Å². The summed E-state index contributed by atoms with van der Waals surface area (Å²) in [7, 11) is 1.74. The predicted octanol–water partition coefficient (Wildman–Crippen LogP) is 1.02. The van der Waals surface area contributed by atoms with Crippen LogP contribution in [0.1, 0.15) is 30.6 Å². The zero-order chi connectivity index (χ0) is 15.0. The molecule has 0 aliphatic rings. The second-order valence-electron chi connectivity index (χ2n) is 4.88. The molecule has 0 aromatic carbocycles. The van der Waals surface area contributed by atoms with Crippen molar-refractivity contribution >= 4 is 17.6 Å². The van der Waals surface area contributed by atoms with Crippen molar-refractivity contribution in [2.24, 2.45) is 5.92 Å². The first kappa shape index (κ1) is 15.9. The number of amides is 2. The molecule has 6 nitrogen and oxygen atoms in total. The monoisotopic (exact) mass is 278 g/mol. The third-order valence-electron chi connectivity index (χ3n) is 2.62. The van der Waals surface area contributed by atoms with Gasteiger partial charge in [0.05, 0.1) is 0 Å². The van der Waals surface area contributed by atoms with Crippen LogP contribution in [0.2, 0.25) is 0 Å². The Kier molecular flexibility index (Phi) is 6.49. The first-order valence-electron chi connectivity index (χ1n) is 6.71. The van der Waals surface area contributed by atoms with Gasteiger partial charge in [0, 0.05) is 38.3 Å². The van der Waals surface area contributed by atoms with Gasteiger partial charge in [0.25, 0.3) is 5.91 Å². The van der Waals surface area contributed by atoms with Gasteiger partial charge < -0.3 is 16.0 Å². The van der Waals surface area contributed by atoms with Crippen molar-refractivity contribution in [2.75, 3.05) is 25.5 Å². The number of hydrogen-bond acceptors (Lipinski definition) is 4. The van der Waals surface area contributed by atoms with Gasteiger partial charge in [0.15, 0.2) is 0 Å². The highest BCUT2D eigenvalue weighted by Crippen LogP contribution is 2.05. The number of carbonyl (C=O) groups is 2. The Hall–Kier alpha value is -2.11. The van der Waals surface area contributed by atoms with Crippen LogP contribution in [-0.4, -0.2) is 36.9 Å². The van der Waals surface area contributed by atoms with E-state index in [2.05, 4.69) is 20.9 Å². The summed E-state index contributed by atoms with van der Waals surface area (Å²) in [6, 6.07) is 3.29. The van der Waals surface area contributed by atoms with E-state index in [9.17, 15) is 9.59 Å². The topological polar surface area (TPSA) is 83.1 Å². The summed E-state index contributed by atoms with van der Waals surface area (Å²) in [5, 5.41) is 8.39. The lowest BCUT2D eigenvalue weighted by Crippen LogP contribution is -2.32. The molecule has 0 aliphatic carbocycles. The quantitative estimate of drug-likeness (QED) is 0.695. The Morgan fingerprint density at radius 3 is 2.70 bits per heavy atom. The summed E-state index contributed by atoms with van der Waals surface area (Å²) >= 11 is 0. The molecular formula is C14H22N4O2. The molecule has 1 rings (SSSR count). The molecular weight excluding hydrogens is 256 g/mol. The molecule has 0 saturated carbocycles. The third kappa shape index (κ3) is 5.69. The van der Waals surface area contributed by atoms with E-state index < -0.39 is 0 Å². The Balaban J connectivity index is 2.34. The van der Waals surface area contributed by atoms with Crippen molar-refractivity contribution in [2.45, 2.75) is 20.3 Å². The zero-order valence-electron chi connectivity index (χ0n) is 12.2. The van der Waals surface area contributed by atoms with Crippen LogP contribution >= 0.6 is 0 Å². The summed E-state index contributed by atoms with van der Waals surface area (Å²) < 4.78 is 0. The largest absolute Gasteiger partial charge is 0.373 e. The van der Waals surface area contributed by atoms with E-state index in [0.29, 0.717) is 30.4 Å². The molecule has 1 aromatic rings. The standard InChI is InChI=1S/C14H22N4O2/c1-10(2)9-18-13(19)5-7-17-14(20)11-4-6-16-12(8-11)15-3/h4,6,8,10H,5,7,9H2,1-3H3,(H,15,16)(H,17,20)(H,18,19). The SMILES string of the molecule is CNc1cc(C(=O)NCCC(=O)NCC(C)C)ccn1. The summed E-state index contributed by atoms with van der Waals surface area (Å²) in [6.07, 6.45) is 1.85. The van der Waals surface area contributed by atoms with Gasteiger partial charge in [-0.25, -0.2) is 4.98 Å². The van der Waals surface area contributed by atoms with Crippen LogP contribution in [0.25, 0.3) is 0 Å². The number of anilines is 1. The average molecular weight is 278 g/mol. The molecule has 0 radical (unpaired) electrons. The minimum Gasteiger partial charge on any atom is -0.373 e. The highest BCUT2D eigenvalue weighted by atomic mass is 16.2. The third-order valence-corrected chi connectivity index (χ3v) is 2.62. The molecule has 0 unspecified atom stereocenters. The highest BCUT2D eigenvalue weighted by Gasteiger charge is 2.07. The smallest absolute Gasteiger partial charge is 0.251 e. The minimum atomic E-state index is -0.208. The van der Waals surface area contributed by atoms with Crippen LogP contribution in [0.4, 0.5) is 5.82 Å². The van der Waals surface area contributed by atoms with E-state index in [1.54, 1.807) is 25.4 Å². The summed E-state index contributed by atoms with van der Waals surface area (Å²) in [5.41, 5.74) is 0.520. The average Bonchev–Trinajstić information content (AvgIpc) is 2.45. The van der Waals surface area contributed by atoms with E-state index in [1.807, 2.05) is 13.8 Å². The summed E-state index contributed by atoms with van der Waals surface area (Å²) in [6.45, 7) is 5.04. The summed E-state index contributed by atoms with van der Waals surface area (Å²) in [4.78, 5) is 27.4. The van der Waals surface area contributed by atoms with Crippen molar-refractivity contribution < 1.29 is 9.59 Å². The van der Waals surface area contributed by atoms with Gasteiger partial charge >= 0.3 is 0 Å². The fourth-order valence-electron chi connectivity index (χ4n) is 1.51. The fourth-order valence-corrected chi connectivity index (χ4v) is 1.51. The number of aromatic nitrogens is 1. The number of nitrogens with one attached hydrogen (secondary N) is 3. The molecule has 6 heteroatoms. The van der Waals surface area contributed by atoms with Gasteiger partial charge in [0.1, 0.15) is 5.82 Å². The van der Waals surface area contributed by atoms with Crippen LogP contribution in [0.15, 0.2) is 18.3 Å². The molecule has 110 valence electrons. The maximum Gasteiger partial charge on any atom is 0.251 e. The fraction of sp³-hybridized carbons (Fsp3) is 0.500. The van der Waals surface area contributed by atoms with E-state index in [1.165, 1.54) is 0 Å². The molecule has 20 heavy (non-hydrogen) atoms. The van der Waals surface area contributed by atoms with Gasteiger partial charge in [0.2, 0.25) is 5.91 Å². The number of nitrogens with zero attached hydrogens (tertiary/aromatic N) is 1. The number of hydrogen-bond donors (Lipinski definition) is 3. The molecule has 0 spiro atoms. The molecule has 0 atom stereocenters. The van der Waals surface area contributed by atoms with E-state index in [4.69, 9.17) is 0 Å². The lowest BCUT2D eigenvalue weighted by Gasteiger charge is -2.08. The van der Waals surface area contributed by atoms with Crippen molar-refractivity contribution in [1.82, 2.24) is 15.6 Å². The Labute approximate surface area is 119 Å². The lowest BCUT2D eigenvalue weighted by molar-refractivity contribution is -0.121. The van der Waals surface area contributed by atoms with Crippen LogP contribution in [0.5, 0.6) is 0 Å². The van der Waals surface area contributed by atoms with Gasteiger partial charge in [-0.1, -0.05) is 13.8 Å². The van der Waals surface area contributed by atoms with Crippen LogP contribution < -0.4 is 16.0 Å². The molecule has 0 bridgehead atoms. The molecule has 2 amide bonds. The maximum absolute atomic E-state index is 11.9. The van der Waals surface area contributed by atoms with Crippen molar-refractivity contribution in [1.29, 1.82) is 0 Å². The summed E-state index contributed by atoms with van der Waals surface area (Å²) in [5.74, 6) is 0.794. The molecule has 0 saturated heterocycles. The Bertz CT molecular complexity index is 460.